The molecule has 1 fully saturated rings. The molecule has 2 atom stereocenters. The summed E-state index contributed by atoms with van der Waals surface area (Å²) >= 11 is 0. The number of benzene rings is 2. The van der Waals surface area contributed by atoms with E-state index in [2.05, 4.69) is 6.07 Å². The van der Waals surface area contributed by atoms with Gasteiger partial charge in [0, 0.05) is 13.1 Å². The van der Waals surface area contributed by atoms with Crippen LogP contribution in [0.4, 0.5) is 0 Å². The van der Waals surface area contributed by atoms with E-state index in [1.807, 2.05) is 56.3 Å². The highest BCUT2D eigenvalue weighted by Crippen LogP contribution is 2.40. The molecule has 1 aliphatic heterocycles. The summed E-state index contributed by atoms with van der Waals surface area (Å²) in [6, 6.07) is 19.1. The summed E-state index contributed by atoms with van der Waals surface area (Å²) in [7, 11) is -3.53. The standard InChI is InChI=1S/C20H22N2O2S/c1-16-8-10-19(11-9-16)25(23,24)22-13-12-20(15-21,17(2)14-22)18-6-4-3-5-7-18/h3-11,17H,12-14H2,1-2H3/t17-,20-/m1/s1. The molecule has 0 amide bonds. The van der Waals surface area contributed by atoms with Gasteiger partial charge in [0.2, 0.25) is 10.0 Å². The number of hydrogen-bond acceptors (Lipinski definition) is 3. The maximum atomic E-state index is 12.9. The van der Waals surface area contributed by atoms with Gasteiger partial charge in [0.15, 0.2) is 0 Å². The molecule has 0 aromatic heterocycles. The Morgan fingerprint density at radius 1 is 1.12 bits per heavy atom. The van der Waals surface area contributed by atoms with Crippen LogP contribution in [0.1, 0.15) is 24.5 Å². The lowest BCUT2D eigenvalue weighted by Gasteiger charge is -2.42. The van der Waals surface area contributed by atoms with Crippen molar-refractivity contribution in [3.05, 3.63) is 65.7 Å². The molecule has 0 unspecified atom stereocenters. The molecular formula is C20H22N2O2S. The minimum absolute atomic E-state index is 0.0890. The SMILES string of the molecule is Cc1ccc(S(=O)(=O)N2CC[C@](C#N)(c3ccccc3)[C@H](C)C2)cc1. The Morgan fingerprint density at radius 2 is 1.76 bits per heavy atom. The Hall–Kier alpha value is -2.16. The Balaban J connectivity index is 1.89. The second-order valence-corrected chi connectivity index (χ2v) is 8.71. The lowest BCUT2D eigenvalue weighted by Crippen LogP contribution is -2.50. The van der Waals surface area contributed by atoms with Gasteiger partial charge in [-0.15, -0.1) is 0 Å². The van der Waals surface area contributed by atoms with Crippen molar-refractivity contribution in [1.29, 1.82) is 5.26 Å². The molecule has 3 rings (SSSR count). The van der Waals surface area contributed by atoms with E-state index in [1.165, 1.54) is 4.31 Å². The Morgan fingerprint density at radius 3 is 2.32 bits per heavy atom. The van der Waals surface area contributed by atoms with Crippen LogP contribution in [0.25, 0.3) is 0 Å². The van der Waals surface area contributed by atoms with Crippen molar-refractivity contribution < 1.29 is 8.42 Å². The second kappa shape index (κ2) is 6.62. The maximum Gasteiger partial charge on any atom is 0.243 e. The molecule has 0 aliphatic carbocycles. The summed E-state index contributed by atoms with van der Waals surface area (Å²) in [5.41, 5.74) is 1.36. The number of aryl methyl sites for hydroxylation is 1. The summed E-state index contributed by atoms with van der Waals surface area (Å²) in [6.45, 7) is 4.59. The largest absolute Gasteiger partial charge is 0.243 e. The van der Waals surface area contributed by atoms with Gasteiger partial charge in [-0.3, -0.25) is 0 Å². The van der Waals surface area contributed by atoms with Crippen molar-refractivity contribution in [2.24, 2.45) is 5.92 Å². The molecule has 1 aliphatic rings. The van der Waals surface area contributed by atoms with Crippen molar-refractivity contribution in [1.82, 2.24) is 4.31 Å². The first kappa shape index (κ1) is 17.7. The number of rotatable bonds is 3. The lowest BCUT2D eigenvalue weighted by molar-refractivity contribution is 0.201. The predicted octanol–water partition coefficient (Wildman–Crippen LogP) is 3.49. The Labute approximate surface area is 149 Å². The van der Waals surface area contributed by atoms with Crippen LogP contribution >= 0.6 is 0 Å². The first-order valence-corrected chi connectivity index (χ1v) is 9.88. The molecule has 0 N–H and O–H groups in total. The highest BCUT2D eigenvalue weighted by molar-refractivity contribution is 7.89. The van der Waals surface area contributed by atoms with Gasteiger partial charge in [-0.1, -0.05) is 55.0 Å². The van der Waals surface area contributed by atoms with Gasteiger partial charge in [-0.2, -0.15) is 9.57 Å². The van der Waals surface area contributed by atoms with Crippen LogP contribution < -0.4 is 0 Å². The summed E-state index contributed by atoms with van der Waals surface area (Å²) in [4.78, 5) is 0.314. The smallest absolute Gasteiger partial charge is 0.207 e. The van der Waals surface area contributed by atoms with Gasteiger partial charge in [0.1, 0.15) is 0 Å². The van der Waals surface area contributed by atoms with Crippen molar-refractivity contribution in [3.8, 4) is 6.07 Å². The number of piperidine rings is 1. The van der Waals surface area contributed by atoms with Crippen LogP contribution in [0, 0.1) is 24.2 Å². The summed E-state index contributed by atoms with van der Waals surface area (Å²) in [5, 5.41) is 9.88. The molecular weight excluding hydrogens is 332 g/mol. The van der Waals surface area contributed by atoms with E-state index < -0.39 is 15.4 Å². The molecule has 0 bridgehead atoms. The molecule has 2 aromatic rings. The normalized spacial score (nSPS) is 24.6. The topological polar surface area (TPSA) is 61.2 Å². The minimum Gasteiger partial charge on any atom is -0.207 e. The quantitative estimate of drug-likeness (QED) is 0.848. The average molecular weight is 354 g/mol. The van der Waals surface area contributed by atoms with Crippen LogP contribution in [0.3, 0.4) is 0 Å². The van der Waals surface area contributed by atoms with E-state index in [0.717, 1.165) is 11.1 Å². The Bertz CT molecular complexity index is 886. The first-order chi connectivity index (χ1) is 11.9. The third kappa shape index (κ3) is 3.08. The first-order valence-electron chi connectivity index (χ1n) is 8.44. The highest BCUT2D eigenvalue weighted by atomic mass is 32.2. The lowest BCUT2D eigenvalue weighted by atomic mass is 9.68. The molecule has 130 valence electrons. The second-order valence-electron chi connectivity index (χ2n) is 6.78. The van der Waals surface area contributed by atoms with Gasteiger partial charge in [-0.25, -0.2) is 8.42 Å². The van der Waals surface area contributed by atoms with Crippen molar-refractivity contribution >= 4 is 10.0 Å². The van der Waals surface area contributed by atoms with Gasteiger partial charge < -0.3 is 0 Å². The van der Waals surface area contributed by atoms with E-state index >= 15 is 0 Å². The molecule has 25 heavy (non-hydrogen) atoms. The van der Waals surface area contributed by atoms with Crippen molar-refractivity contribution in [2.45, 2.75) is 30.6 Å². The maximum absolute atomic E-state index is 12.9. The molecule has 2 aromatic carbocycles. The van der Waals surface area contributed by atoms with E-state index in [1.54, 1.807) is 12.1 Å². The molecule has 1 saturated heterocycles. The fraction of sp³-hybridized carbons (Fsp3) is 0.350. The van der Waals surface area contributed by atoms with E-state index in [4.69, 9.17) is 0 Å². The molecule has 4 nitrogen and oxygen atoms in total. The third-order valence-electron chi connectivity index (χ3n) is 5.22. The van der Waals surface area contributed by atoms with Crippen LogP contribution in [-0.4, -0.2) is 25.8 Å². The van der Waals surface area contributed by atoms with Gasteiger partial charge in [0.25, 0.3) is 0 Å². The zero-order chi connectivity index (χ0) is 18.1. The van der Waals surface area contributed by atoms with Gasteiger partial charge in [0.05, 0.1) is 16.4 Å². The molecule has 5 heteroatoms. The molecule has 0 saturated carbocycles. The van der Waals surface area contributed by atoms with Crippen LogP contribution in [0.2, 0.25) is 0 Å². The molecule has 0 spiro atoms. The number of nitrogens with zero attached hydrogens (tertiary/aromatic N) is 2. The summed E-state index contributed by atoms with van der Waals surface area (Å²) in [5.74, 6) is -0.0890. The van der Waals surface area contributed by atoms with Crippen LogP contribution in [-0.2, 0) is 15.4 Å². The fourth-order valence-corrected chi connectivity index (χ4v) is 5.10. The predicted molar refractivity (Wildman–Crippen MR) is 97.5 cm³/mol. The monoisotopic (exact) mass is 354 g/mol. The molecule has 1 heterocycles. The highest BCUT2D eigenvalue weighted by Gasteiger charge is 2.45. The third-order valence-corrected chi connectivity index (χ3v) is 7.10. The van der Waals surface area contributed by atoms with Crippen molar-refractivity contribution in [2.75, 3.05) is 13.1 Å². The van der Waals surface area contributed by atoms with Gasteiger partial charge >= 0.3 is 0 Å². The summed E-state index contributed by atoms with van der Waals surface area (Å²) in [6.07, 6.45) is 0.500. The Kier molecular flexibility index (Phi) is 4.68. The molecule has 0 radical (unpaired) electrons. The zero-order valence-electron chi connectivity index (χ0n) is 14.5. The van der Waals surface area contributed by atoms with Crippen LogP contribution in [0.5, 0.6) is 0 Å². The number of sulfonamides is 1. The minimum atomic E-state index is -3.53. The number of hydrogen-bond donors (Lipinski definition) is 0. The fourth-order valence-electron chi connectivity index (χ4n) is 3.57. The van der Waals surface area contributed by atoms with Crippen molar-refractivity contribution in [3.63, 3.8) is 0 Å². The van der Waals surface area contributed by atoms with E-state index in [0.29, 0.717) is 24.4 Å². The zero-order valence-corrected chi connectivity index (χ0v) is 15.3. The average Bonchev–Trinajstić information content (AvgIpc) is 2.63. The van der Waals surface area contributed by atoms with E-state index in [9.17, 15) is 13.7 Å². The van der Waals surface area contributed by atoms with Gasteiger partial charge in [-0.05, 0) is 37.0 Å². The number of nitriles is 1. The van der Waals surface area contributed by atoms with Crippen LogP contribution in [0.15, 0.2) is 59.5 Å². The summed E-state index contributed by atoms with van der Waals surface area (Å²) < 4.78 is 27.4. The van der Waals surface area contributed by atoms with E-state index in [-0.39, 0.29) is 5.92 Å².